The largest absolute Gasteiger partial charge is 0.244 e. The summed E-state index contributed by atoms with van der Waals surface area (Å²) in [6, 6.07) is 9.65. The quantitative estimate of drug-likeness (QED) is 0.699. The molecule has 2 nitrogen and oxygen atoms in total. The van der Waals surface area contributed by atoms with Crippen LogP contribution in [0.3, 0.4) is 0 Å². The Morgan fingerprint density at radius 3 is 2.71 bits per heavy atom. The molecule has 0 unspecified atom stereocenters. The predicted molar refractivity (Wildman–Crippen MR) is 58.8 cm³/mol. The third kappa shape index (κ3) is 1.57. The van der Waals surface area contributed by atoms with Gasteiger partial charge in [0.25, 0.3) is 0 Å². The van der Waals surface area contributed by atoms with Gasteiger partial charge < -0.3 is 0 Å². The van der Waals surface area contributed by atoms with Crippen LogP contribution in [0.2, 0.25) is 0 Å². The van der Waals surface area contributed by atoms with Crippen LogP contribution in [0.4, 0.5) is 0 Å². The Labute approximate surface area is 85.5 Å². The minimum Gasteiger partial charge on any atom is -0.244 e. The summed E-state index contributed by atoms with van der Waals surface area (Å²) in [6.07, 6.45) is 2.10. The van der Waals surface area contributed by atoms with Gasteiger partial charge in [-0.3, -0.25) is 0 Å². The lowest BCUT2D eigenvalue weighted by Gasteiger charge is -2.21. The molecule has 0 bridgehead atoms. The Hall–Kier alpha value is -0.830. The van der Waals surface area contributed by atoms with E-state index in [1.807, 2.05) is 37.3 Å². The monoisotopic (exact) mass is 209 g/mol. The van der Waals surface area contributed by atoms with Gasteiger partial charge in [0.2, 0.25) is 0 Å². The van der Waals surface area contributed by atoms with Crippen molar-refractivity contribution in [3.8, 4) is 0 Å². The van der Waals surface area contributed by atoms with Gasteiger partial charge in [-0.25, -0.2) is 8.57 Å². The van der Waals surface area contributed by atoms with Crippen LogP contribution >= 0.6 is 0 Å². The van der Waals surface area contributed by atoms with E-state index in [1.54, 1.807) is 0 Å². The van der Waals surface area contributed by atoms with Gasteiger partial charge in [0.05, 0.1) is 9.73 Å². The number of hydrogen-bond acceptors (Lipinski definition) is 2. The Morgan fingerprint density at radius 2 is 2.07 bits per heavy atom. The fraction of sp³-hybridized carbons (Fsp3) is 0.455. The predicted octanol–water partition coefficient (Wildman–Crippen LogP) is 2.70. The highest BCUT2D eigenvalue weighted by atomic mass is 32.2. The van der Waals surface area contributed by atoms with E-state index in [1.165, 1.54) is 0 Å². The van der Waals surface area contributed by atoms with Gasteiger partial charge in [-0.1, -0.05) is 18.2 Å². The Morgan fingerprint density at radius 1 is 1.36 bits per heavy atom. The summed E-state index contributed by atoms with van der Waals surface area (Å²) in [5, 5.41) is 0.193. The lowest BCUT2D eigenvalue weighted by molar-refractivity contribution is 0.629. The average molecular weight is 209 g/mol. The molecule has 0 saturated heterocycles. The number of benzene rings is 1. The molecule has 2 atom stereocenters. The number of rotatable bonds is 1. The molecule has 14 heavy (non-hydrogen) atoms. The molecule has 1 aliphatic heterocycles. The smallest absolute Gasteiger partial charge is 0.0778 e. The first-order chi connectivity index (χ1) is 6.73. The van der Waals surface area contributed by atoms with Crippen LogP contribution < -0.4 is 0 Å². The molecule has 0 fully saturated rings. The summed E-state index contributed by atoms with van der Waals surface area (Å²) in [5.74, 6) is 0. The molecule has 0 amide bonds. The summed E-state index contributed by atoms with van der Waals surface area (Å²) in [7, 11) is -2.12. The highest BCUT2D eigenvalue weighted by molar-refractivity contribution is 7.94. The molecule has 1 aromatic carbocycles. The van der Waals surface area contributed by atoms with E-state index >= 15 is 0 Å². The zero-order valence-electron chi connectivity index (χ0n) is 8.35. The minimum atomic E-state index is -2.12. The topological polar surface area (TPSA) is 29.4 Å². The van der Waals surface area contributed by atoms with Crippen LogP contribution in [0.15, 0.2) is 39.6 Å². The molecule has 1 aliphatic rings. The summed E-state index contributed by atoms with van der Waals surface area (Å²) in [6.45, 7) is 2.79. The molecule has 0 N–H and O–H groups in total. The third-order valence-corrected chi connectivity index (χ3v) is 5.52. The van der Waals surface area contributed by atoms with Crippen LogP contribution in [-0.2, 0) is 9.73 Å². The first-order valence-electron chi connectivity index (χ1n) is 5.00. The van der Waals surface area contributed by atoms with Gasteiger partial charge in [-0.2, -0.15) is 0 Å². The van der Waals surface area contributed by atoms with Gasteiger partial charge in [0, 0.05) is 16.7 Å². The van der Waals surface area contributed by atoms with Crippen molar-refractivity contribution in [3.05, 3.63) is 30.3 Å². The van der Waals surface area contributed by atoms with Crippen molar-refractivity contribution in [2.45, 2.75) is 29.9 Å². The van der Waals surface area contributed by atoms with Gasteiger partial charge >= 0.3 is 0 Å². The summed E-state index contributed by atoms with van der Waals surface area (Å²) >= 11 is 0. The molecule has 0 spiro atoms. The van der Waals surface area contributed by atoms with Crippen molar-refractivity contribution in [1.82, 2.24) is 0 Å². The highest BCUT2D eigenvalue weighted by Gasteiger charge is 2.23. The van der Waals surface area contributed by atoms with Crippen molar-refractivity contribution in [1.29, 1.82) is 0 Å². The normalized spacial score (nSPS) is 32.2. The van der Waals surface area contributed by atoms with Crippen molar-refractivity contribution in [3.63, 3.8) is 0 Å². The molecule has 0 radical (unpaired) electrons. The zero-order chi connectivity index (χ0) is 10.0. The number of hydrogen-bond donors (Lipinski definition) is 0. The summed E-state index contributed by atoms with van der Waals surface area (Å²) in [4.78, 5) is 0.896. The van der Waals surface area contributed by atoms with Crippen LogP contribution in [0.5, 0.6) is 0 Å². The molecular weight excluding hydrogens is 194 g/mol. The molecule has 0 saturated carbocycles. The fourth-order valence-corrected chi connectivity index (χ4v) is 4.09. The van der Waals surface area contributed by atoms with Crippen LogP contribution in [0, 0.1) is 0 Å². The maximum absolute atomic E-state index is 12.6. The Kier molecular flexibility index (Phi) is 2.59. The molecule has 1 heterocycles. The first-order valence-corrected chi connectivity index (χ1v) is 6.58. The Balaban J connectivity index is 2.51. The first kappa shape index (κ1) is 9.71. The van der Waals surface area contributed by atoms with E-state index in [-0.39, 0.29) is 5.25 Å². The standard InChI is InChI=1S/C11H15NOS/c1-10-6-5-9-12-14(10,13)11-7-3-2-4-8-11/h2-4,7-8,10H,5-6,9H2,1H3/t10-,14-/m0/s1. The second-order valence-corrected chi connectivity index (χ2v) is 6.36. The van der Waals surface area contributed by atoms with E-state index in [2.05, 4.69) is 4.36 Å². The maximum Gasteiger partial charge on any atom is 0.0778 e. The van der Waals surface area contributed by atoms with E-state index in [9.17, 15) is 4.21 Å². The fourth-order valence-electron chi connectivity index (χ4n) is 1.79. The van der Waals surface area contributed by atoms with Gasteiger partial charge in [-0.05, 0) is 31.9 Å². The lowest BCUT2D eigenvalue weighted by Crippen LogP contribution is -2.22. The summed E-state index contributed by atoms with van der Waals surface area (Å²) < 4.78 is 16.9. The minimum absolute atomic E-state index is 0.193. The third-order valence-electron chi connectivity index (χ3n) is 2.68. The number of nitrogens with zero attached hydrogens (tertiary/aromatic N) is 1. The second-order valence-electron chi connectivity index (χ2n) is 3.69. The van der Waals surface area contributed by atoms with Gasteiger partial charge in [0.1, 0.15) is 0 Å². The van der Waals surface area contributed by atoms with Gasteiger partial charge in [0.15, 0.2) is 0 Å². The van der Waals surface area contributed by atoms with E-state index in [4.69, 9.17) is 0 Å². The van der Waals surface area contributed by atoms with Crippen molar-refractivity contribution in [2.24, 2.45) is 4.36 Å². The molecule has 3 heteroatoms. The molecule has 76 valence electrons. The van der Waals surface area contributed by atoms with Crippen LogP contribution in [0.1, 0.15) is 19.8 Å². The van der Waals surface area contributed by atoms with E-state index in [0.717, 1.165) is 24.3 Å². The molecule has 1 aromatic rings. The Bertz CT molecular complexity index is 418. The van der Waals surface area contributed by atoms with E-state index in [0.29, 0.717) is 0 Å². The second kappa shape index (κ2) is 3.73. The van der Waals surface area contributed by atoms with Gasteiger partial charge in [-0.15, -0.1) is 0 Å². The van der Waals surface area contributed by atoms with Crippen LogP contribution in [0.25, 0.3) is 0 Å². The van der Waals surface area contributed by atoms with Crippen LogP contribution in [-0.4, -0.2) is 16.0 Å². The molecule has 0 aromatic heterocycles. The van der Waals surface area contributed by atoms with Crippen molar-refractivity contribution < 1.29 is 4.21 Å². The molecule has 2 rings (SSSR count). The summed E-state index contributed by atoms with van der Waals surface area (Å²) in [5.41, 5.74) is 0. The molecular formula is C11H15NOS. The van der Waals surface area contributed by atoms with E-state index < -0.39 is 9.73 Å². The zero-order valence-corrected chi connectivity index (χ0v) is 9.17. The highest BCUT2D eigenvalue weighted by Crippen LogP contribution is 2.25. The average Bonchev–Trinajstić information content (AvgIpc) is 2.24. The SMILES string of the molecule is C[C@H]1CCCN=[S@@]1(=O)c1ccccc1. The van der Waals surface area contributed by atoms with Crippen molar-refractivity contribution >= 4 is 9.73 Å². The molecule has 0 aliphatic carbocycles. The lowest BCUT2D eigenvalue weighted by atomic mass is 10.2. The van der Waals surface area contributed by atoms with Crippen molar-refractivity contribution in [2.75, 3.05) is 6.54 Å². The maximum atomic E-state index is 12.6.